The van der Waals surface area contributed by atoms with E-state index in [2.05, 4.69) is 159 Å². The average Bonchev–Trinajstić information content (AvgIpc) is 4.14. The Labute approximate surface area is 373 Å². The summed E-state index contributed by atoms with van der Waals surface area (Å²) in [6.07, 6.45) is 14.2. The van der Waals surface area contributed by atoms with Crippen LogP contribution in [0.2, 0.25) is 0 Å². The van der Waals surface area contributed by atoms with Crippen LogP contribution in [0, 0.1) is 6.92 Å². The van der Waals surface area contributed by atoms with E-state index in [9.17, 15) is 0 Å². The maximum Gasteiger partial charge on any atom is 0.139 e. The molecule has 6 aromatic carbocycles. The number of hydrogen-bond donors (Lipinski definition) is 0. The first-order chi connectivity index (χ1) is 30.8. The van der Waals surface area contributed by atoms with Crippen molar-refractivity contribution in [3.8, 4) is 11.1 Å². The number of thioether (sulfide) groups is 2. The third-order valence-corrected chi connectivity index (χ3v) is 16.9. The Hall–Kier alpha value is -6.34. The first-order valence-corrected chi connectivity index (χ1v) is 23.5. The van der Waals surface area contributed by atoms with Crippen LogP contribution < -0.4 is 0 Å². The lowest BCUT2D eigenvalue weighted by Crippen LogP contribution is -2.15. The molecule has 0 bridgehead atoms. The Balaban J connectivity index is 0.834. The summed E-state index contributed by atoms with van der Waals surface area (Å²) in [5.74, 6) is 0.860. The number of benzene rings is 6. The molecule has 6 heterocycles. The van der Waals surface area contributed by atoms with Crippen LogP contribution in [0.1, 0.15) is 54.4 Å². The van der Waals surface area contributed by atoms with Gasteiger partial charge in [-0.15, -0.1) is 23.5 Å². The van der Waals surface area contributed by atoms with Crippen molar-refractivity contribution >= 4 is 106 Å². The van der Waals surface area contributed by atoms with Crippen LogP contribution in [0.3, 0.4) is 0 Å². The molecule has 0 amide bonds. The smallest absolute Gasteiger partial charge is 0.139 e. The van der Waals surface area contributed by atoms with Crippen LogP contribution in [0.25, 0.3) is 94.0 Å². The van der Waals surface area contributed by atoms with Crippen molar-refractivity contribution in [2.75, 3.05) is 0 Å². The van der Waals surface area contributed by atoms with E-state index < -0.39 is 0 Å². The number of furan rings is 4. The molecule has 2 aliphatic rings. The van der Waals surface area contributed by atoms with Crippen molar-refractivity contribution in [3.63, 3.8) is 0 Å². The predicted octanol–water partition coefficient (Wildman–Crippen LogP) is 17.3. The largest absolute Gasteiger partial charge is 0.461 e. The van der Waals surface area contributed by atoms with E-state index in [4.69, 9.17) is 17.7 Å². The molecule has 0 aliphatic carbocycles. The second-order valence-electron chi connectivity index (χ2n) is 17.3. The van der Waals surface area contributed by atoms with Gasteiger partial charge < -0.3 is 17.7 Å². The van der Waals surface area contributed by atoms with Crippen molar-refractivity contribution in [1.82, 2.24) is 0 Å². The van der Waals surface area contributed by atoms with Crippen LogP contribution in [0.15, 0.2) is 182 Å². The minimum Gasteiger partial charge on any atom is -0.461 e. The first-order valence-electron chi connectivity index (χ1n) is 21.7. The highest BCUT2D eigenvalue weighted by molar-refractivity contribution is 8.06. The van der Waals surface area contributed by atoms with Gasteiger partial charge in [-0.3, -0.25) is 0 Å². The zero-order valence-corrected chi connectivity index (χ0v) is 37.0. The van der Waals surface area contributed by atoms with Crippen LogP contribution in [0.5, 0.6) is 0 Å². The molecule has 4 aromatic heterocycles. The summed E-state index contributed by atoms with van der Waals surface area (Å²) in [7, 11) is 0. The molecule has 10 aromatic rings. The van der Waals surface area contributed by atoms with Crippen LogP contribution >= 0.6 is 23.5 Å². The van der Waals surface area contributed by atoms with E-state index >= 15 is 0 Å². The molecule has 2 saturated heterocycles. The highest BCUT2D eigenvalue weighted by atomic mass is 32.2. The van der Waals surface area contributed by atoms with Gasteiger partial charge in [0.05, 0.1) is 0 Å². The minimum absolute atomic E-state index is 0.00755. The molecule has 0 N–H and O–H groups in total. The van der Waals surface area contributed by atoms with Gasteiger partial charge in [0, 0.05) is 75.9 Å². The van der Waals surface area contributed by atoms with E-state index in [-0.39, 0.29) is 4.75 Å². The van der Waals surface area contributed by atoms with Gasteiger partial charge >= 0.3 is 0 Å². The molecule has 0 saturated carbocycles. The van der Waals surface area contributed by atoms with Crippen LogP contribution in [-0.2, 0) is 4.75 Å². The van der Waals surface area contributed by atoms with Gasteiger partial charge in [0.1, 0.15) is 44.8 Å². The average molecular weight is 857 g/mol. The quantitative estimate of drug-likeness (QED) is 0.142. The number of allylic oxidation sites excluding steroid dienone is 7. The lowest BCUT2D eigenvalue weighted by Gasteiger charge is -2.26. The highest BCUT2D eigenvalue weighted by Gasteiger charge is 2.49. The summed E-state index contributed by atoms with van der Waals surface area (Å²) in [5, 5.41) is 9.42. The van der Waals surface area contributed by atoms with Crippen LogP contribution in [0.4, 0.5) is 0 Å². The highest BCUT2D eigenvalue weighted by Crippen LogP contribution is 2.63. The zero-order chi connectivity index (χ0) is 42.6. The molecule has 0 radical (unpaired) electrons. The normalized spacial score (nSPS) is 20.8. The van der Waals surface area contributed by atoms with Gasteiger partial charge in [-0.2, -0.15) is 0 Å². The molecule has 3 unspecified atom stereocenters. The SMILES string of the molecule is C=C/C=C(\C=C/C)C(/C=C)=C/c1c(C)oc2cc3oc4ccc(C5CC6S[C@@](C)(c7ccc8oc9cc%10oc%11ccc(-c%12ccccc%12)cc%11c%10cc9c8c7)CC6S5)cc4c3cc12. The Morgan fingerprint density at radius 2 is 1.27 bits per heavy atom. The standard InChI is InChI=1S/C57H44O4S2/c1-6-12-34(13-7-2)33(8-3)22-39-32(4)58-50-28-51-44(26-43(39)50)41-24-37(17-20-48(41)60-51)54-30-55-56(62-54)31-57(5,63-55)38-18-21-49-42(25-38)46-27-45-40-23-36(35-14-10-9-11-15-35)16-19-47(40)59-52(45)29-53(46)61-49/h6-29,54-56H,1,3,30-31H2,2,4-5H3/b13-7-,33-22+,34-12+/t54?,55?,56?,57-/m1/s1. The van der Waals surface area contributed by atoms with E-state index in [1.807, 2.05) is 44.2 Å². The van der Waals surface area contributed by atoms with E-state index in [0.717, 1.165) is 112 Å². The van der Waals surface area contributed by atoms with Gasteiger partial charge in [-0.1, -0.05) is 92.1 Å². The van der Waals surface area contributed by atoms with Gasteiger partial charge in [0.25, 0.3) is 0 Å². The maximum atomic E-state index is 6.47. The molecular formula is C57H44O4S2. The maximum absolute atomic E-state index is 6.47. The second kappa shape index (κ2) is 14.6. The summed E-state index contributed by atoms with van der Waals surface area (Å²) in [5.41, 5.74) is 14.3. The molecule has 12 rings (SSSR count). The second-order valence-corrected chi connectivity index (χ2v) is 20.5. The summed E-state index contributed by atoms with van der Waals surface area (Å²) in [6.45, 7) is 14.5. The number of fused-ring (bicyclic) bond motifs is 11. The lowest BCUT2D eigenvalue weighted by atomic mass is 9.92. The summed E-state index contributed by atoms with van der Waals surface area (Å²) < 4.78 is 25.6. The molecule has 63 heavy (non-hydrogen) atoms. The van der Waals surface area contributed by atoms with Gasteiger partial charge in [-0.05, 0) is 122 Å². The molecule has 4 nitrogen and oxygen atoms in total. The fraction of sp³-hybridized carbons (Fsp3) is 0.158. The summed E-state index contributed by atoms with van der Waals surface area (Å²) in [4.78, 5) is 0. The number of hydrogen-bond acceptors (Lipinski definition) is 6. The van der Waals surface area contributed by atoms with Crippen LogP contribution in [-0.4, -0.2) is 10.5 Å². The van der Waals surface area contributed by atoms with Gasteiger partial charge in [-0.25, -0.2) is 0 Å². The molecular weight excluding hydrogens is 813 g/mol. The Bertz CT molecular complexity index is 3610. The number of aryl methyl sites for hydroxylation is 1. The van der Waals surface area contributed by atoms with E-state index in [0.29, 0.717) is 15.7 Å². The molecule has 4 atom stereocenters. The zero-order valence-electron chi connectivity index (χ0n) is 35.4. The predicted molar refractivity (Wildman–Crippen MR) is 268 cm³/mol. The van der Waals surface area contributed by atoms with E-state index in [1.54, 1.807) is 0 Å². The summed E-state index contributed by atoms with van der Waals surface area (Å²) in [6, 6.07) is 39.3. The monoisotopic (exact) mass is 856 g/mol. The molecule has 2 fully saturated rings. The topological polar surface area (TPSA) is 52.6 Å². The van der Waals surface area contributed by atoms with Gasteiger partial charge in [0.2, 0.25) is 0 Å². The lowest BCUT2D eigenvalue weighted by molar-refractivity contribution is 0.576. The third kappa shape index (κ3) is 6.21. The van der Waals surface area contributed by atoms with E-state index in [1.165, 1.54) is 22.3 Å². The summed E-state index contributed by atoms with van der Waals surface area (Å²) >= 11 is 4.32. The minimum atomic E-state index is 0.00755. The van der Waals surface area contributed by atoms with Crippen molar-refractivity contribution in [3.05, 3.63) is 186 Å². The first kappa shape index (κ1) is 38.3. The van der Waals surface area contributed by atoms with Crippen molar-refractivity contribution in [2.45, 2.75) is 54.1 Å². The molecule has 2 aliphatic heterocycles. The fourth-order valence-electron chi connectivity index (χ4n) is 10.2. The third-order valence-electron chi connectivity index (χ3n) is 13.4. The Morgan fingerprint density at radius 3 is 1.95 bits per heavy atom. The van der Waals surface area contributed by atoms with Crippen molar-refractivity contribution in [2.24, 2.45) is 0 Å². The van der Waals surface area contributed by atoms with Crippen molar-refractivity contribution in [1.29, 1.82) is 0 Å². The molecule has 6 heteroatoms. The molecule has 308 valence electrons. The Morgan fingerprint density at radius 1 is 0.635 bits per heavy atom. The number of rotatable bonds is 8. The molecule has 0 spiro atoms. The fourth-order valence-corrected chi connectivity index (χ4v) is 14.3. The Kier molecular flexibility index (Phi) is 8.90. The van der Waals surface area contributed by atoms with Gasteiger partial charge in [0.15, 0.2) is 0 Å². The van der Waals surface area contributed by atoms with Crippen molar-refractivity contribution < 1.29 is 17.7 Å².